The summed E-state index contributed by atoms with van der Waals surface area (Å²) in [4.78, 5) is 29.4. The molecule has 2 aromatic rings. The Hall–Kier alpha value is -1.89. The van der Waals surface area contributed by atoms with Crippen LogP contribution < -0.4 is 10.3 Å². The number of fused-ring (bicyclic) bond motifs is 1. The minimum absolute atomic E-state index is 0.0370. The zero-order valence-corrected chi connectivity index (χ0v) is 9.13. The molecule has 0 saturated carbocycles. The minimum atomic E-state index is -1.32. The van der Waals surface area contributed by atoms with Crippen LogP contribution in [0.25, 0.3) is 10.3 Å². The lowest BCUT2D eigenvalue weighted by atomic mass is 10.2. The largest absolute Gasteiger partial charge is 0.490 e. The van der Waals surface area contributed by atoms with E-state index in [0.29, 0.717) is 10.3 Å². The molecular formula is C9H8N2O4S. The van der Waals surface area contributed by atoms with Crippen LogP contribution in [-0.4, -0.2) is 27.7 Å². The Kier molecular flexibility index (Phi) is 2.61. The molecule has 6 nitrogen and oxygen atoms in total. The fourth-order valence-corrected chi connectivity index (χ4v) is 2.04. The Morgan fingerprint density at radius 2 is 2.44 bits per heavy atom. The van der Waals surface area contributed by atoms with E-state index in [4.69, 9.17) is 9.84 Å². The second kappa shape index (κ2) is 3.93. The molecule has 0 fully saturated rings. The van der Waals surface area contributed by atoms with Crippen molar-refractivity contribution in [2.45, 2.75) is 6.92 Å². The van der Waals surface area contributed by atoms with Crippen LogP contribution in [0.4, 0.5) is 0 Å². The van der Waals surface area contributed by atoms with Crippen molar-refractivity contribution >= 4 is 27.7 Å². The maximum Gasteiger partial charge on any atom is 0.345 e. The van der Waals surface area contributed by atoms with Gasteiger partial charge in [0.1, 0.15) is 10.3 Å². The number of aromatic carboxylic acids is 1. The number of aromatic amines is 1. The van der Waals surface area contributed by atoms with Crippen molar-refractivity contribution < 1.29 is 14.6 Å². The smallest absolute Gasteiger partial charge is 0.345 e. The van der Waals surface area contributed by atoms with Crippen molar-refractivity contribution in [3.8, 4) is 5.75 Å². The molecule has 0 aliphatic carbocycles. The van der Waals surface area contributed by atoms with Crippen LogP contribution in [0.3, 0.4) is 0 Å². The van der Waals surface area contributed by atoms with E-state index in [9.17, 15) is 9.59 Å². The summed E-state index contributed by atoms with van der Waals surface area (Å²) in [5.41, 5.74) is 0.825. The Balaban J connectivity index is 2.84. The summed E-state index contributed by atoms with van der Waals surface area (Å²) in [6, 6.07) is 0. The Morgan fingerprint density at radius 1 is 1.69 bits per heavy atom. The number of hydrogen-bond acceptors (Lipinski definition) is 5. The predicted molar refractivity (Wildman–Crippen MR) is 58.4 cm³/mol. The van der Waals surface area contributed by atoms with Gasteiger partial charge in [-0.15, -0.1) is 11.3 Å². The molecular weight excluding hydrogens is 232 g/mol. The lowest BCUT2D eigenvalue weighted by Gasteiger charge is -2.06. The molecule has 0 atom stereocenters. The summed E-state index contributed by atoms with van der Waals surface area (Å²) in [5.74, 6) is -1.28. The highest BCUT2D eigenvalue weighted by Gasteiger charge is 2.21. The van der Waals surface area contributed by atoms with Gasteiger partial charge in [-0.2, -0.15) is 0 Å². The van der Waals surface area contributed by atoms with Crippen molar-refractivity contribution in [3.63, 3.8) is 0 Å². The highest BCUT2D eigenvalue weighted by atomic mass is 32.1. The first kappa shape index (κ1) is 10.6. The molecule has 0 aromatic carbocycles. The molecule has 2 aromatic heterocycles. The molecule has 2 N–H and O–H groups in total. The quantitative estimate of drug-likeness (QED) is 0.837. The number of carbonyl (C=O) groups is 1. The maximum atomic E-state index is 11.5. The van der Waals surface area contributed by atoms with Crippen molar-refractivity contribution in [1.82, 2.24) is 9.97 Å². The number of carboxylic acid groups (broad SMARTS) is 1. The summed E-state index contributed by atoms with van der Waals surface area (Å²) in [6.45, 7) is 1.99. The van der Waals surface area contributed by atoms with E-state index in [0.717, 1.165) is 0 Å². The molecule has 0 aliphatic heterocycles. The number of aromatic nitrogens is 2. The van der Waals surface area contributed by atoms with E-state index < -0.39 is 17.1 Å². The average molecular weight is 240 g/mol. The first-order valence-corrected chi connectivity index (χ1v) is 5.38. The van der Waals surface area contributed by atoms with Crippen LogP contribution in [0.5, 0.6) is 5.75 Å². The maximum absolute atomic E-state index is 11.5. The van der Waals surface area contributed by atoms with Gasteiger partial charge in [-0.3, -0.25) is 4.79 Å². The van der Waals surface area contributed by atoms with E-state index in [1.54, 1.807) is 6.92 Å². The number of ether oxygens (including phenoxy) is 1. The van der Waals surface area contributed by atoms with Gasteiger partial charge in [0.2, 0.25) is 0 Å². The number of rotatable bonds is 3. The molecule has 0 radical (unpaired) electrons. The van der Waals surface area contributed by atoms with Gasteiger partial charge in [-0.05, 0) is 6.92 Å². The molecule has 84 valence electrons. The third-order valence-electron chi connectivity index (χ3n) is 1.97. The SMILES string of the molecule is CCOc1c(C(=O)O)c(=O)[nH]c2scnc12. The summed E-state index contributed by atoms with van der Waals surface area (Å²) < 4.78 is 5.19. The number of nitrogens with one attached hydrogen (secondary N) is 1. The number of thiazole rings is 1. The van der Waals surface area contributed by atoms with Gasteiger partial charge < -0.3 is 14.8 Å². The zero-order chi connectivity index (χ0) is 11.7. The Morgan fingerprint density at radius 3 is 3.06 bits per heavy atom. The van der Waals surface area contributed by atoms with Crippen LogP contribution in [0.1, 0.15) is 17.3 Å². The average Bonchev–Trinajstić information content (AvgIpc) is 2.64. The van der Waals surface area contributed by atoms with Crippen molar-refractivity contribution in [2.75, 3.05) is 6.61 Å². The fraction of sp³-hybridized carbons (Fsp3) is 0.222. The Bertz CT molecular complexity index is 601. The lowest BCUT2D eigenvalue weighted by molar-refractivity contribution is 0.0691. The number of carboxylic acids is 1. The predicted octanol–water partition coefficient (Wildman–Crippen LogP) is 1.08. The van der Waals surface area contributed by atoms with E-state index in [1.807, 2.05) is 0 Å². The van der Waals surface area contributed by atoms with E-state index in [-0.39, 0.29) is 12.4 Å². The first-order valence-electron chi connectivity index (χ1n) is 4.50. The third-order valence-corrected chi connectivity index (χ3v) is 2.71. The van der Waals surface area contributed by atoms with Crippen molar-refractivity contribution in [2.24, 2.45) is 0 Å². The van der Waals surface area contributed by atoms with Gasteiger partial charge in [0.25, 0.3) is 5.56 Å². The lowest BCUT2D eigenvalue weighted by Crippen LogP contribution is -2.19. The number of H-pyrrole nitrogens is 1. The van der Waals surface area contributed by atoms with Gasteiger partial charge in [-0.25, -0.2) is 9.78 Å². The summed E-state index contributed by atoms with van der Waals surface area (Å²) in [6.07, 6.45) is 0. The summed E-state index contributed by atoms with van der Waals surface area (Å²) >= 11 is 1.22. The van der Waals surface area contributed by atoms with Crippen LogP contribution in [0.15, 0.2) is 10.3 Å². The molecule has 16 heavy (non-hydrogen) atoms. The van der Waals surface area contributed by atoms with Gasteiger partial charge in [0.15, 0.2) is 11.3 Å². The molecule has 2 heterocycles. The third kappa shape index (κ3) is 1.54. The van der Waals surface area contributed by atoms with E-state index in [1.165, 1.54) is 16.8 Å². The van der Waals surface area contributed by atoms with Crippen LogP contribution in [0.2, 0.25) is 0 Å². The van der Waals surface area contributed by atoms with Crippen molar-refractivity contribution in [3.05, 3.63) is 21.4 Å². The molecule has 2 rings (SSSR count). The molecule has 0 bridgehead atoms. The molecule has 0 amide bonds. The summed E-state index contributed by atoms with van der Waals surface area (Å²) in [7, 11) is 0. The topological polar surface area (TPSA) is 92.3 Å². The van der Waals surface area contributed by atoms with Crippen LogP contribution in [0, 0.1) is 0 Å². The molecule has 7 heteroatoms. The minimum Gasteiger partial charge on any atom is -0.490 e. The van der Waals surface area contributed by atoms with Gasteiger partial charge in [0.05, 0.1) is 12.1 Å². The standard InChI is InChI=1S/C9H8N2O4S/c1-2-15-6-4(9(13)14)7(12)11-8-5(6)10-3-16-8/h3H,2H2,1H3,(H,11,12)(H,13,14). The van der Waals surface area contributed by atoms with Gasteiger partial charge in [-0.1, -0.05) is 0 Å². The zero-order valence-electron chi connectivity index (χ0n) is 8.31. The second-order valence-corrected chi connectivity index (χ2v) is 3.78. The van der Waals surface area contributed by atoms with Crippen LogP contribution >= 0.6 is 11.3 Å². The number of pyridine rings is 1. The number of hydrogen-bond donors (Lipinski definition) is 2. The summed E-state index contributed by atoms with van der Waals surface area (Å²) in [5, 5.41) is 8.95. The number of nitrogens with zero attached hydrogens (tertiary/aromatic N) is 1. The van der Waals surface area contributed by atoms with Gasteiger partial charge in [0, 0.05) is 0 Å². The van der Waals surface area contributed by atoms with Crippen molar-refractivity contribution in [1.29, 1.82) is 0 Å². The monoisotopic (exact) mass is 240 g/mol. The molecule has 0 unspecified atom stereocenters. The van der Waals surface area contributed by atoms with Gasteiger partial charge >= 0.3 is 5.97 Å². The molecule has 0 spiro atoms. The highest BCUT2D eigenvalue weighted by molar-refractivity contribution is 7.16. The second-order valence-electron chi connectivity index (χ2n) is 2.93. The highest BCUT2D eigenvalue weighted by Crippen LogP contribution is 2.27. The fourth-order valence-electron chi connectivity index (χ4n) is 1.36. The van der Waals surface area contributed by atoms with E-state index >= 15 is 0 Å². The normalized spacial score (nSPS) is 10.6. The first-order chi connectivity index (χ1) is 7.65. The van der Waals surface area contributed by atoms with E-state index in [2.05, 4.69) is 9.97 Å². The van der Waals surface area contributed by atoms with Crippen LogP contribution in [-0.2, 0) is 0 Å². The Labute approximate surface area is 93.5 Å². The molecule has 0 aliphatic rings. The molecule has 0 saturated heterocycles.